The summed E-state index contributed by atoms with van der Waals surface area (Å²) < 4.78 is 5.54. The molecule has 1 fully saturated rings. The number of primary amides is 1. The van der Waals surface area contributed by atoms with Crippen LogP contribution >= 0.6 is 0 Å². The standard InChI is InChI=1S/C16H22N2O3/c1-12-6-7-13(16(17)20)14(10-12)21-11-15(19)18-8-4-2-3-5-9-18/h6-7,10H,2-5,8-9,11H2,1H3,(H2,17,20). The third kappa shape index (κ3) is 4.21. The van der Waals surface area contributed by atoms with Crippen molar-refractivity contribution in [2.45, 2.75) is 32.6 Å². The largest absolute Gasteiger partial charge is 0.483 e. The molecule has 0 spiro atoms. The Balaban J connectivity index is 2.00. The van der Waals surface area contributed by atoms with Gasteiger partial charge in [0, 0.05) is 13.1 Å². The van der Waals surface area contributed by atoms with Gasteiger partial charge in [-0.05, 0) is 37.5 Å². The van der Waals surface area contributed by atoms with Gasteiger partial charge in [0.1, 0.15) is 5.75 Å². The second kappa shape index (κ2) is 7.11. The summed E-state index contributed by atoms with van der Waals surface area (Å²) in [6.45, 7) is 3.43. The number of nitrogens with zero attached hydrogens (tertiary/aromatic N) is 1. The number of aryl methyl sites for hydroxylation is 1. The maximum Gasteiger partial charge on any atom is 0.260 e. The zero-order chi connectivity index (χ0) is 15.2. The van der Waals surface area contributed by atoms with E-state index >= 15 is 0 Å². The average Bonchev–Trinajstić information content (AvgIpc) is 2.73. The van der Waals surface area contributed by atoms with Gasteiger partial charge in [0.15, 0.2) is 6.61 Å². The number of hydrogen-bond acceptors (Lipinski definition) is 3. The molecule has 0 aliphatic carbocycles. The normalized spacial score (nSPS) is 15.4. The van der Waals surface area contributed by atoms with E-state index < -0.39 is 5.91 Å². The number of rotatable bonds is 4. The van der Waals surface area contributed by atoms with Crippen LogP contribution < -0.4 is 10.5 Å². The molecule has 2 amide bonds. The number of ether oxygens (including phenoxy) is 1. The summed E-state index contributed by atoms with van der Waals surface area (Å²) in [6.07, 6.45) is 4.44. The van der Waals surface area contributed by atoms with E-state index in [9.17, 15) is 9.59 Å². The van der Waals surface area contributed by atoms with Crippen LogP contribution in [0, 0.1) is 6.92 Å². The fraction of sp³-hybridized carbons (Fsp3) is 0.500. The van der Waals surface area contributed by atoms with Crippen molar-refractivity contribution in [2.24, 2.45) is 5.73 Å². The molecule has 114 valence electrons. The molecule has 0 radical (unpaired) electrons. The number of likely N-dealkylation sites (tertiary alicyclic amines) is 1. The van der Waals surface area contributed by atoms with Gasteiger partial charge in [-0.1, -0.05) is 18.9 Å². The molecule has 1 aliphatic heterocycles. The number of amides is 2. The van der Waals surface area contributed by atoms with Crippen molar-refractivity contribution in [3.05, 3.63) is 29.3 Å². The fourth-order valence-corrected chi connectivity index (χ4v) is 2.50. The van der Waals surface area contributed by atoms with Crippen LogP contribution in [0.15, 0.2) is 18.2 Å². The highest BCUT2D eigenvalue weighted by molar-refractivity contribution is 5.95. The van der Waals surface area contributed by atoms with Crippen LogP contribution in [-0.4, -0.2) is 36.4 Å². The van der Waals surface area contributed by atoms with Gasteiger partial charge in [0.2, 0.25) is 0 Å². The van der Waals surface area contributed by atoms with Crippen LogP contribution in [0.4, 0.5) is 0 Å². The van der Waals surface area contributed by atoms with Gasteiger partial charge in [0.25, 0.3) is 11.8 Å². The van der Waals surface area contributed by atoms with Crippen molar-refractivity contribution in [2.75, 3.05) is 19.7 Å². The summed E-state index contributed by atoms with van der Waals surface area (Å²) in [5, 5.41) is 0. The Bertz CT molecular complexity index is 520. The lowest BCUT2D eigenvalue weighted by Gasteiger charge is -2.20. The summed E-state index contributed by atoms with van der Waals surface area (Å²) in [4.78, 5) is 25.4. The molecule has 21 heavy (non-hydrogen) atoms. The summed E-state index contributed by atoms with van der Waals surface area (Å²) in [6, 6.07) is 5.16. The Morgan fingerprint density at radius 2 is 1.86 bits per heavy atom. The fourth-order valence-electron chi connectivity index (χ4n) is 2.50. The molecule has 0 atom stereocenters. The van der Waals surface area contributed by atoms with E-state index in [0.717, 1.165) is 31.5 Å². The zero-order valence-electron chi connectivity index (χ0n) is 12.4. The van der Waals surface area contributed by atoms with E-state index in [4.69, 9.17) is 10.5 Å². The lowest BCUT2D eigenvalue weighted by Crippen LogP contribution is -2.35. The lowest BCUT2D eigenvalue weighted by atomic mass is 10.1. The van der Waals surface area contributed by atoms with Gasteiger partial charge in [0.05, 0.1) is 5.56 Å². The molecule has 0 saturated carbocycles. The first-order chi connectivity index (χ1) is 10.1. The molecular weight excluding hydrogens is 268 g/mol. The van der Waals surface area contributed by atoms with E-state index in [0.29, 0.717) is 11.3 Å². The molecule has 5 heteroatoms. The van der Waals surface area contributed by atoms with E-state index in [1.54, 1.807) is 18.2 Å². The van der Waals surface area contributed by atoms with E-state index in [1.807, 2.05) is 11.8 Å². The Hall–Kier alpha value is -2.04. The second-order valence-corrected chi connectivity index (χ2v) is 5.45. The van der Waals surface area contributed by atoms with Gasteiger partial charge < -0.3 is 15.4 Å². The van der Waals surface area contributed by atoms with E-state index in [-0.39, 0.29) is 12.5 Å². The van der Waals surface area contributed by atoms with Gasteiger partial charge >= 0.3 is 0 Å². The first kappa shape index (κ1) is 15.4. The molecule has 2 rings (SSSR count). The SMILES string of the molecule is Cc1ccc(C(N)=O)c(OCC(=O)N2CCCCCC2)c1. The van der Waals surface area contributed by atoms with Gasteiger partial charge in [-0.2, -0.15) is 0 Å². The molecule has 1 heterocycles. The second-order valence-electron chi connectivity index (χ2n) is 5.45. The maximum absolute atomic E-state index is 12.2. The van der Waals surface area contributed by atoms with Gasteiger partial charge in [-0.25, -0.2) is 0 Å². The van der Waals surface area contributed by atoms with E-state index in [2.05, 4.69) is 0 Å². The lowest BCUT2D eigenvalue weighted by molar-refractivity contribution is -0.133. The number of nitrogens with two attached hydrogens (primary N) is 1. The number of carbonyl (C=O) groups is 2. The highest BCUT2D eigenvalue weighted by Crippen LogP contribution is 2.20. The molecule has 1 aromatic rings. The van der Waals surface area contributed by atoms with Crippen molar-refractivity contribution in [1.82, 2.24) is 4.90 Å². The first-order valence-electron chi connectivity index (χ1n) is 7.39. The van der Waals surface area contributed by atoms with Crippen molar-refractivity contribution < 1.29 is 14.3 Å². The summed E-state index contributed by atoms with van der Waals surface area (Å²) >= 11 is 0. The van der Waals surface area contributed by atoms with Crippen LogP contribution in [0.3, 0.4) is 0 Å². The van der Waals surface area contributed by atoms with Crippen LogP contribution in [0.1, 0.15) is 41.6 Å². The molecule has 0 unspecified atom stereocenters. The van der Waals surface area contributed by atoms with Crippen LogP contribution in [0.5, 0.6) is 5.75 Å². The smallest absolute Gasteiger partial charge is 0.260 e. The Kier molecular flexibility index (Phi) is 5.20. The molecule has 1 aromatic carbocycles. The minimum absolute atomic E-state index is 0.0335. The molecule has 1 aliphatic rings. The third-order valence-corrected chi connectivity index (χ3v) is 3.71. The quantitative estimate of drug-likeness (QED) is 0.920. The van der Waals surface area contributed by atoms with E-state index in [1.165, 1.54) is 12.8 Å². The van der Waals surface area contributed by atoms with Crippen LogP contribution in [0.25, 0.3) is 0 Å². The zero-order valence-corrected chi connectivity index (χ0v) is 12.4. The summed E-state index contributed by atoms with van der Waals surface area (Å²) in [7, 11) is 0. The monoisotopic (exact) mass is 290 g/mol. The Labute approximate surface area is 125 Å². The highest BCUT2D eigenvalue weighted by Gasteiger charge is 2.17. The molecule has 0 bridgehead atoms. The first-order valence-corrected chi connectivity index (χ1v) is 7.39. The van der Waals surface area contributed by atoms with Crippen LogP contribution in [-0.2, 0) is 4.79 Å². The number of benzene rings is 1. The van der Waals surface area contributed by atoms with Crippen molar-refractivity contribution in [3.8, 4) is 5.75 Å². The molecule has 5 nitrogen and oxygen atoms in total. The molecule has 2 N–H and O–H groups in total. The van der Waals surface area contributed by atoms with Crippen LogP contribution in [0.2, 0.25) is 0 Å². The highest BCUT2D eigenvalue weighted by atomic mass is 16.5. The average molecular weight is 290 g/mol. The van der Waals surface area contributed by atoms with Gasteiger partial charge in [-0.3, -0.25) is 9.59 Å². The minimum Gasteiger partial charge on any atom is -0.483 e. The molecular formula is C16H22N2O3. The number of carbonyl (C=O) groups excluding carboxylic acids is 2. The topological polar surface area (TPSA) is 72.6 Å². The molecule has 0 aromatic heterocycles. The molecule has 1 saturated heterocycles. The summed E-state index contributed by atoms with van der Waals surface area (Å²) in [5.74, 6) is -0.202. The Morgan fingerprint density at radius 1 is 1.19 bits per heavy atom. The Morgan fingerprint density at radius 3 is 2.48 bits per heavy atom. The number of hydrogen-bond donors (Lipinski definition) is 1. The van der Waals surface area contributed by atoms with Crippen molar-refractivity contribution in [1.29, 1.82) is 0 Å². The van der Waals surface area contributed by atoms with Crippen molar-refractivity contribution >= 4 is 11.8 Å². The summed E-state index contributed by atoms with van der Waals surface area (Å²) in [5.41, 5.74) is 6.59. The minimum atomic E-state index is -0.549. The van der Waals surface area contributed by atoms with Crippen molar-refractivity contribution in [3.63, 3.8) is 0 Å². The van der Waals surface area contributed by atoms with Gasteiger partial charge in [-0.15, -0.1) is 0 Å². The maximum atomic E-state index is 12.2. The predicted octanol–water partition coefficient (Wildman–Crippen LogP) is 1.88. The predicted molar refractivity (Wildman–Crippen MR) is 80.2 cm³/mol. The third-order valence-electron chi connectivity index (χ3n) is 3.71.